The lowest BCUT2D eigenvalue weighted by atomic mass is 10.1. The predicted molar refractivity (Wildman–Crippen MR) is 75.6 cm³/mol. The Morgan fingerprint density at radius 1 is 1.16 bits per heavy atom. The summed E-state index contributed by atoms with van der Waals surface area (Å²) in [5, 5.41) is 0. The van der Waals surface area contributed by atoms with E-state index in [2.05, 4.69) is 40.7 Å². The lowest BCUT2D eigenvalue weighted by molar-refractivity contribution is -0.0705. The first-order valence-corrected chi connectivity index (χ1v) is 7.37. The molecule has 1 saturated heterocycles. The van der Waals surface area contributed by atoms with E-state index >= 15 is 0 Å². The molecule has 2 aliphatic rings. The number of hydrogen-bond donors (Lipinski definition) is 0. The normalized spacial score (nSPS) is 26.7. The number of benzene rings is 1. The van der Waals surface area contributed by atoms with Crippen molar-refractivity contribution >= 4 is 15.9 Å². The zero-order valence-corrected chi connectivity index (χ0v) is 12.8. The van der Waals surface area contributed by atoms with Gasteiger partial charge in [-0.15, -0.1) is 0 Å². The average molecular weight is 328 g/mol. The van der Waals surface area contributed by atoms with Gasteiger partial charge >= 0.3 is 0 Å². The van der Waals surface area contributed by atoms with Crippen molar-refractivity contribution in [2.24, 2.45) is 0 Å². The molecule has 19 heavy (non-hydrogen) atoms. The Morgan fingerprint density at radius 2 is 1.79 bits per heavy atom. The second-order valence-corrected chi connectivity index (χ2v) is 6.10. The van der Waals surface area contributed by atoms with Gasteiger partial charge in [0.15, 0.2) is 11.5 Å². The van der Waals surface area contributed by atoms with Crippen LogP contribution in [0.25, 0.3) is 0 Å². The van der Waals surface area contributed by atoms with Crippen molar-refractivity contribution in [3.8, 4) is 11.5 Å². The van der Waals surface area contributed by atoms with Crippen LogP contribution < -0.4 is 9.47 Å². The molecular weight excluding hydrogens is 310 g/mol. The zero-order valence-electron chi connectivity index (χ0n) is 11.2. The summed E-state index contributed by atoms with van der Waals surface area (Å²) in [5.74, 6) is 1.66. The molecule has 2 aliphatic heterocycles. The highest BCUT2D eigenvalue weighted by atomic mass is 79.9. The van der Waals surface area contributed by atoms with Gasteiger partial charge in [0, 0.05) is 24.1 Å². The molecule has 1 aromatic rings. The highest BCUT2D eigenvalue weighted by Crippen LogP contribution is 2.37. The van der Waals surface area contributed by atoms with Crippen LogP contribution in [0.15, 0.2) is 16.6 Å². The number of fused-ring (bicyclic) bond motifs is 1. The van der Waals surface area contributed by atoms with Crippen molar-refractivity contribution in [3.63, 3.8) is 0 Å². The second-order valence-electron chi connectivity index (χ2n) is 5.25. The molecule has 0 amide bonds. The van der Waals surface area contributed by atoms with Gasteiger partial charge in [0.25, 0.3) is 0 Å². The SMILES string of the molecule is CC1CN(Cc2cc3c(cc2Br)OCO3)CC(C)O1. The Kier molecular flexibility index (Phi) is 3.69. The maximum atomic E-state index is 5.76. The Bertz CT molecular complexity index is 470. The summed E-state index contributed by atoms with van der Waals surface area (Å²) in [5.41, 5.74) is 1.23. The second kappa shape index (κ2) is 5.31. The molecule has 2 heterocycles. The first kappa shape index (κ1) is 13.2. The van der Waals surface area contributed by atoms with Gasteiger partial charge in [-0.1, -0.05) is 15.9 Å². The summed E-state index contributed by atoms with van der Waals surface area (Å²) >= 11 is 3.61. The van der Waals surface area contributed by atoms with Crippen LogP contribution in [0.4, 0.5) is 0 Å². The van der Waals surface area contributed by atoms with Crippen molar-refractivity contribution in [2.45, 2.75) is 32.6 Å². The summed E-state index contributed by atoms with van der Waals surface area (Å²) in [6.07, 6.45) is 0.577. The van der Waals surface area contributed by atoms with Crippen molar-refractivity contribution in [3.05, 3.63) is 22.2 Å². The van der Waals surface area contributed by atoms with Crippen molar-refractivity contribution < 1.29 is 14.2 Å². The van der Waals surface area contributed by atoms with Crippen LogP contribution in [0.2, 0.25) is 0 Å². The Hall–Kier alpha value is -0.780. The minimum atomic E-state index is 0.288. The number of ether oxygens (including phenoxy) is 3. The molecule has 0 aliphatic carbocycles. The highest BCUT2D eigenvalue weighted by molar-refractivity contribution is 9.10. The molecule has 2 unspecified atom stereocenters. The molecule has 0 saturated carbocycles. The third-order valence-corrected chi connectivity index (χ3v) is 4.17. The van der Waals surface area contributed by atoms with E-state index in [0.717, 1.165) is 35.6 Å². The Morgan fingerprint density at radius 3 is 2.47 bits per heavy atom. The van der Waals surface area contributed by atoms with Gasteiger partial charge in [-0.25, -0.2) is 0 Å². The summed E-state index contributed by atoms with van der Waals surface area (Å²) in [6.45, 7) is 7.39. The summed E-state index contributed by atoms with van der Waals surface area (Å²) in [4.78, 5) is 2.42. The van der Waals surface area contributed by atoms with Crippen LogP contribution in [-0.2, 0) is 11.3 Å². The van der Waals surface area contributed by atoms with E-state index in [-0.39, 0.29) is 12.2 Å². The summed E-state index contributed by atoms with van der Waals surface area (Å²) in [7, 11) is 0. The fraction of sp³-hybridized carbons (Fsp3) is 0.571. The minimum Gasteiger partial charge on any atom is -0.454 e. The number of hydrogen-bond acceptors (Lipinski definition) is 4. The third kappa shape index (κ3) is 2.88. The van der Waals surface area contributed by atoms with Crippen LogP contribution >= 0.6 is 15.9 Å². The van der Waals surface area contributed by atoms with E-state index < -0.39 is 0 Å². The molecule has 0 aromatic heterocycles. The molecule has 104 valence electrons. The smallest absolute Gasteiger partial charge is 0.231 e. The van der Waals surface area contributed by atoms with E-state index in [1.807, 2.05) is 6.07 Å². The topological polar surface area (TPSA) is 30.9 Å². The molecule has 1 fully saturated rings. The molecule has 4 nitrogen and oxygen atoms in total. The first-order valence-electron chi connectivity index (χ1n) is 6.57. The van der Waals surface area contributed by atoms with Gasteiger partial charge in [-0.05, 0) is 31.5 Å². The molecule has 5 heteroatoms. The number of halogens is 1. The van der Waals surface area contributed by atoms with Gasteiger partial charge in [0.05, 0.1) is 12.2 Å². The molecule has 0 radical (unpaired) electrons. The fourth-order valence-electron chi connectivity index (χ4n) is 2.73. The number of morpholine rings is 1. The minimum absolute atomic E-state index is 0.288. The molecule has 1 aromatic carbocycles. The molecule has 0 N–H and O–H groups in total. The van der Waals surface area contributed by atoms with Crippen LogP contribution in [0.5, 0.6) is 11.5 Å². The molecule has 0 spiro atoms. The summed E-state index contributed by atoms with van der Waals surface area (Å²) < 4.78 is 17.6. The van der Waals surface area contributed by atoms with E-state index in [0.29, 0.717) is 6.79 Å². The highest BCUT2D eigenvalue weighted by Gasteiger charge is 2.24. The maximum absolute atomic E-state index is 5.76. The lowest BCUT2D eigenvalue weighted by Gasteiger charge is -2.35. The van der Waals surface area contributed by atoms with Crippen molar-refractivity contribution in [1.29, 1.82) is 0 Å². The van der Waals surface area contributed by atoms with Crippen LogP contribution in [0, 0.1) is 0 Å². The van der Waals surface area contributed by atoms with E-state index in [4.69, 9.17) is 14.2 Å². The Balaban J connectivity index is 1.76. The van der Waals surface area contributed by atoms with Crippen molar-refractivity contribution in [1.82, 2.24) is 4.90 Å². The quantitative estimate of drug-likeness (QED) is 0.835. The molecule has 0 bridgehead atoms. The zero-order chi connectivity index (χ0) is 13.4. The van der Waals surface area contributed by atoms with Gasteiger partial charge in [0.2, 0.25) is 6.79 Å². The van der Waals surface area contributed by atoms with E-state index in [9.17, 15) is 0 Å². The average Bonchev–Trinajstić information content (AvgIpc) is 2.75. The molecule has 2 atom stereocenters. The van der Waals surface area contributed by atoms with Gasteiger partial charge < -0.3 is 14.2 Å². The Labute approximate surface area is 121 Å². The monoisotopic (exact) mass is 327 g/mol. The number of nitrogens with zero attached hydrogens (tertiary/aromatic N) is 1. The standard InChI is InChI=1S/C14H18BrNO3/c1-9-5-16(6-10(2)19-9)7-11-3-13-14(4-12(11)15)18-8-17-13/h3-4,9-10H,5-8H2,1-2H3. The number of rotatable bonds is 2. The van der Waals surface area contributed by atoms with Gasteiger partial charge in [-0.2, -0.15) is 0 Å². The van der Waals surface area contributed by atoms with Gasteiger partial charge in [0.1, 0.15) is 0 Å². The largest absolute Gasteiger partial charge is 0.454 e. The van der Waals surface area contributed by atoms with Gasteiger partial charge in [-0.3, -0.25) is 4.90 Å². The van der Waals surface area contributed by atoms with E-state index in [1.54, 1.807) is 0 Å². The predicted octanol–water partition coefficient (Wildman–Crippen LogP) is 2.79. The molecular formula is C14H18BrNO3. The van der Waals surface area contributed by atoms with E-state index in [1.165, 1.54) is 5.56 Å². The third-order valence-electron chi connectivity index (χ3n) is 3.43. The molecule has 3 rings (SSSR count). The van der Waals surface area contributed by atoms with Crippen molar-refractivity contribution in [2.75, 3.05) is 19.9 Å². The van der Waals surface area contributed by atoms with Crippen LogP contribution in [0.1, 0.15) is 19.4 Å². The maximum Gasteiger partial charge on any atom is 0.231 e. The lowest BCUT2D eigenvalue weighted by Crippen LogP contribution is -2.44. The van der Waals surface area contributed by atoms with Crippen LogP contribution in [0.3, 0.4) is 0 Å². The summed E-state index contributed by atoms with van der Waals surface area (Å²) in [6, 6.07) is 4.06. The van der Waals surface area contributed by atoms with Crippen LogP contribution in [-0.4, -0.2) is 37.0 Å². The first-order chi connectivity index (χ1) is 9.11. The fourth-order valence-corrected chi connectivity index (χ4v) is 3.18.